The number of para-hydroxylation sites is 1. The van der Waals surface area contributed by atoms with Crippen LogP contribution in [0.25, 0.3) is 10.9 Å². The van der Waals surface area contributed by atoms with Crippen molar-refractivity contribution in [1.29, 1.82) is 0 Å². The first-order chi connectivity index (χ1) is 12.1. The summed E-state index contributed by atoms with van der Waals surface area (Å²) in [6, 6.07) is 14.8. The summed E-state index contributed by atoms with van der Waals surface area (Å²) in [7, 11) is 0. The van der Waals surface area contributed by atoms with Gasteiger partial charge < -0.3 is 15.6 Å². The fourth-order valence-electron chi connectivity index (χ4n) is 3.39. The molecule has 0 aliphatic carbocycles. The van der Waals surface area contributed by atoms with Crippen LogP contribution in [0.15, 0.2) is 48.5 Å². The monoisotopic (exact) mass is 333 g/mol. The number of carbonyl (C=O) groups excluding carboxylic acids is 2. The van der Waals surface area contributed by atoms with E-state index in [0.717, 1.165) is 34.0 Å². The summed E-state index contributed by atoms with van der Waals surface area (Å²) in [5, 5.41) is 6.73. The molecule has 5 nitrogen and oxygen atoms in total. The van der Waals surface area contributed by atoms with E-state index in [1.54, 1.807) is 0 Å². The molecule has 1 aromatic heterocycles. The standard InChI is InChI=1S/C20H19N3O2/c1-12-5-4-7-14-11-16(22-17(12)14)19(24)23-18-15-8-3-2-6-13(15)9-10-21-20(18)25/h2-8,11,18,22H,9-10H2,1H3,(H,21,25)(H,23,24). The van der Waals surface area contributed by atoms with E-state index < -0.39 is 6.04 Å². The van der Waals surface area contributed by atoms with Crippen LogP contribution in [0.5, 0.6) is 0 Å². The fraction of sp³-hybridized carbons (Fsp3) is 0.200. The SMILES string of the molecule is Cc1cccc2cc(C(=O)NC3C(=O)NCCc4ccccc43)[nH]c12. The van der Waals surface area contributed by atoms with E-state index in [4.69, 9.17) is 0 Å². The Hall–Kier alpha value is -3.08. The molecule has 2 aromatic carbocycles. The highest BCUT2D eigenvalue weighted by atomic mass is 16.2. The third-order valence-electron chi connectivity index (χ3n) is 4.71. The van der Waals surface area contributed by atoms with Gasteiger partial charge in [-0.2, -0.15) is 0 Å². The van der Waals surface area contributed by atoms with Crippen LogP contribution in [-0.2, 0) is 11.2 Å². The molecule has 3 aromatic rings. The lowest BCUT2D eigenvalue weighted by Gasteiger charge is -2.17. The molecule has 0 fully saturated rings. The average Bonchev–Trinajstić information content (AvgIpc) is 2.99. The van der Waals surface area contributed by atoms with Crippen LogP contribution in [0.4, 0.5) is 0 Å². The maximum Gasteiger partial charge on any atom is 0.268 e. The molecule has 0 bridgehead atoms. The molecule has 0 saturated heterocycles. The number of nitrogens with one attached hydrogen (secondary N) is 3. The van der Waals surface area contributed by atoms with Gasteiger partial charge >= 0.3 is 0 Å². The number of amides is 2. The minimum absolute atomic E-state index is 0.175. The molecule has 1 aliphatic rings. The minimum atomic E-state index is -0.682. The van der Waals surface area contributed by atoms with Crippen molar-refractivity contribution < 1.29 is 9.59 Å². The first-order valence-electron chi connectivity index (χ1n) is 8.38. The van der Waals surface area contributed by atoms with Gasteiger partial charge in [0.1, 0.15) is 11.7 Å². The Morgan fingerprint density at radius 1 is 1.16 bits per heavy atom. The Bertz CT molecular complexity index is 974. The summed E-state index contributed by atoms with van der Waals surface area (Å²) < 4.78 is 0. The van der Waals surface area contributed by atoms with Crippen molar-refractivity contribution in [2.24, 2.45) is 0 Å². The molecule has 126 valence electrons. The predicted molar refractivity (Wildman–Crippen MR) is 96.4 cm³/mol. The Morgan fingerprint density at radius 2 is 2.00 bits per heavy atom. The molecule has 2 heterocycles. The number of H-pyrrole nitrogens is 1. The smallest absolute Gasteiger partial charge is 0.268 e. The number of aromatic nitrogens is 1. The first kappa shape index (κ1) is 15.4. The Kier molecular flexibility index (Phi) is 3.76. The lowest BCUT2D eigenvalue weighted by atomic mass is 9.99. The van der Waals surface area contributed by atoms with Crippen LogP contribution in [0.1, 0.15) is 33.2 Å². The van der Waals surface area contributed by atoms with E-state index in [1.165, 1.54) is 0 Å². The zero-order chi connectivity index (χ0) is 17.4. The summed E-state index contributed by atoms with van der Waals surface area (Å²) in [6.45, 7) is 2.57. The number of hydrogen-bond acceptors (Lipinski definition) is 2. The number of carbonyl (C=O) groups is 2. The van der Waals surface area contributed by atoms with Crippen LogP contribution in [0.3, 0.4) is 0 Å². The molecule has 0 saturated carbocycles. The highest BCUT2D eigenvalue weighted by Gasteiger charge is 2.27. The highest BCUT2D eigenvalue weighted by Crippen LogP contribution is 2.23. The van der Waals surface area contributed by atoms with Gasteiger partial charge in [-0.3, -0.25) is 9.59 Å². The molecule has 4 rings (SSSR count). The van der Waals surface area contributed by atoms with Crippen LogP contribution in [0, 0.1) is 6.92 Å². The second kappa shape index (κ2) is 6.09. The van der Waals surface area contributed by atoms with Gasteiger partial charge in [0, 0.05) is 17.4 Å². The number of aromatic amines is 1. The van der Waals surface area contributed by atoms with Gasteiger partial charge in [0.15, 0.2) is 0 Å². The van der Waals surface area contributed by atoms with Gasteiger partial charge in [-0.1, -0.05) is 42.5 Å². The van der Waals surface area contributed by atoms with E-state index >= 15 is 0 Å². The molecule has 5 heteroatoms. The van der Waals surface area contributed by atoms with Crippen molar-refractivity contribution in [3.8, 4) is 0 Å². The predicted octanol–water partition coefficient (Wildman–Crippen LogP) is 2.62. The maximum absolute atomic E-state index is 12.7. The summed E-state index contributed by atoms with van der Waals surface area (Å²) in [4.78, 5) is 28.3. The number of benzene rings is 2. The molecular weight excluding hydrogens is 314 g/mol. The molecule has 0 radical (unpaired) electrons. The lowest BCUT2D eigenvalue weighted by molar-refractivity contribution is -0.122. The zero-order valence-electron chi connectivity index (χ0n) is 13.9. The number of aryl methyl sites for hydroxylation is 1. The highest BCUT2D eigenvalue weighted by molar-refractivity contribution is 6.01. The van der Waals surface area contributed by atoms with Gasteiger partial charge in [-0.05, 0) is 36.1 Å². The van der Waals surface area contributed by atoms with Crippen LogP contribution < -0.4 is 10.6 Å². The van der Waals surface area contributed by atoms with Crippen molar-refractivity contribution in [3.63, 3.8) is 0 Å². The number of fused-ring (bicyclic) bond motifs is 2. The van der Waals surface area contributed by atoms with E-state index in [2.05, 4.69) is 15.6 Å². The van der Waals surface area contributed by atoms with E-state index in [-0.39, 0.29) is 11.8 Å². The molecule has 2 amide bonds. The Morgan fingerprint density at radius 3 is 2.84 bits per heavy atom. The molecule has 1 atom stereocenters. The summed E-state index contributed by atoms with van der Waals surface area (Å²) in [6.07, 6.45) is 0.764. The third-order valence-corrected chi connectivity index (χ3v) is 4.71. The summed E-state index contributed by atoms with van der Waals surface area (Å²) in [5.74, 6) is -0.460. The molecule has 1 unspecified atom stereocenters. The van der Waals surface area contributed by atoms with Crippen molar-refractivity contribution in [1.82, 2.24) is 15.6 Å². The largest absolute Gasteiger partial charge is 0.354 e. The minimum Gasteiger partial charge on any atom is -0.354 e. The zero-order valence-corrected chi connectivity index (χ0v) is 13.9. The number of hydrogen-bond donors (Lipinski definition) is 3. The van der Waals surface area contributed by atoms with Crippen molar-refractivity contribution in [3.05, 3.63) is 70.9 Å². The van der Waals surface area contributed by atoms with E-state index in [1.807, 2.05) is 55.5 Å². The van der Waals surface area contributed by atoms with Gasteiger partial charge in [-0.15, -0.1) is 0 Å². The number of rotatable bonds is 2. The van der Waals surface area contributed by atoms with Crippen molar-refractivity contribution >= 4 is 22.7 Å². The molecule has 0 spiro atoms. The Balaban J connectivity index is 1.67. The van der Waals surface area contributed by atoms with Gasteiger partial charge in [0.25, 0.3) is 5.91 Å². The van der Waals surface area contributed by atoms with Crippen molar-refractivity contribution in [2.45, 2.75) is 19.4 Å². The lowest BCUT2D eigenvalue weighted by Crippen LogP contribution is -2.39. The average molecular weight is 333 g/mol. The fourth-order valence-corrected chi connectivity index (χ4v) is 3.39. The van der Waals surface area contributed by atoms with E-state index in [0.29, 0.717) is 12.2 Å². The maximum atomic E-state index is 12.7. The van der Waals surface area contributed by atoms with Crippen LogP contribution >= 0.6 is 0 Å². The first-order valence-corrected chi connectivity index (χ1v) is 8.38. The normalized spacial score (nSPS) is 16.8. The molecule has 3 N–H and O–H groups in total. The summed E-state index contributed by atoms with van der Waals surface area (Å²) in [5.41, 5.74) is 4.42. The summed E-state index contributed by atoms with van der Waals surface area (Å²) >= 11 is 0. The molecule has 1 aliphatic heterocycles. The van der Waals surface area contributed by atoms with Gasteiger partial charge in [0.2, 0.25) is 5.91 Å². The molecule has 25 heavy (non-hydrogen) atoms. The van der Waals surface area contributed by atoms with Crippen molar-refractivity contribution in [2.75, 3.05) is 6.54 Å². The molecular formula is C20H19N3O2. The topological polar surface area (TPSA) is 74.0 Å². The van der Waals surface area contributed by atoms with Gasteiger partial charge in [-0.25, -0.2) is 0 Å². The second-order valence-electron chi connectivity index (χ2n) is 6.37. The van der Waals surface area contributed by atoms with E-state index in [9.17, 15) is 9.59 Å². The van der Waals surface area contributed by atoms with Crippen LogP contribution in [-0.4, -0.2) is 23.3 Å². The van der Waals surface area contributed by atoms with Crippen LogP contribution in [0.2, 0.25) is 0 Å². The quantitative estimate of drug-likeness (QED) is 0.674. The Labute approximate surface area is 145 Å². The van der Waals surface area contributed by atoms with Gasteiger partial charge in [0.05, 0.1) is 0 Å². The third kappa shape index (κ3) is 2.78. The second-order valence-corrected chi connectivity index (χ2v) is 6.37.